The van der Waals surface area contributed by atoms with E-state index >= 15 is 0 Å². The predicted octanol–water partition coefficient (Wildman–Crippen LogP) is 12.7. The highest BCUT2D eigenvalue weighted by atomic mass is 16.3. The summed E-state index contributed by atoms with van der Waals surface area (Å²) in [6.07, 6.45) is 6.65. The highest BCUT2D eigenvalue weighted by molar-refractivity contribution is 6.20. The first kappa shape index (κ1) is 26.7. The summed E-state index contributed by atoms with van der Waals surface area (Å²) >= 11 is 0. The molecular formula is C46H30N2O. The second-order valence-corrected chi connectivity index (χ2v) is 13.2. The molecule has 1 aliphatic carbocycles. The Balaban J connectivity index is 1.18. The Morgan fingerprint density at radius 2 is 1.06 bits per heavy atom. The van der Waals surface area contributed by atoms with Gasteiger partial charge in [-0.15, -0.1) is 0 Å². The maximum Gasteiger partial charge on any atom is 0.159 e. The lowest BCUT2D eigenvalue weighted by molar-refractivity contribution is 0.666. The van der Waals surface area contributed by atoms with Crippen molar-refractivity contribution in [1.29, 1.82) is 0 Å². The van der Waals surface area contributed by atoms with Gasteiger partial charge in [-0.1, -0.05) is 115 Å². The number of hydrogen-bond acceptors (Lipinski definition) is 1. The van der Waals surface area contributed by atoms with Crippen LogP contribution in [0.5, 0.6) is 0 Å². The van der Waals surface area contributed by atoms with Crippen molar-refractivity contribution in [3.05, 3.63) is 163 Å². The van der Waals surface area contributed by atoms with Gasteiger partial charge in [-0.05, 0) is 77.2 Å². The fourth-order valence-corrected chi connectivity index (χ4v) is 8.45. The number of fused-ring (bicyclic) bond motifs is 10. The second kappa shape index (κ2) is 10.1. The van der Waals surface area contributed by atoms with Crippen molar-refractivity contribution in [2.24, 2.45) is 0 Å². The van der Waals surface area contributed by atoms with Crippen LogP contribution in [-0.4, -0.2) is 9.13 Å². The van der Waals surface area contributed by atoms with Gasteiger partial charge in [-0.25, -0.2) is 0 Å². The lowest BCUT2D eigenvalue weighted by Crippen LogP contribution is -2.02. The van der Waals surface area contributed by atoms with Crippen LogP contribution in [0.3, 0.4) is 0 Å². The van der Waals surface area contributed by atoms with Crippen LogP contribution in [0.15, 0.2) is 162 Å². The smallest absolute Gasteiger partial charge is 0.159 e. The van der Waals surface area contributed by atoms with Gasteiger partial charge >= 0.3 is 0 Å². The Bertz CT molecular complexity index is 3050. The molecule has 0 bridgehead atoms. The molecule has 10 aromatic rings. The molecule has 49 heavy (non-hydrogen) atoms. The third kappa shape index (κ3) is 3.78. The van der Waals surface area contributed by atoms with E-state index in [1.54, 1.807) is 0 Å². The summed E-state index contributed by atoms with van der Waals surface area (Å²) < 4.78 is 11.5. The topological polar surface area (TPSA) is 23.0 Å². The number of aromatic nitrogens is 2. The Labute approximate surface area is 282 Å². The molecule has 7 aromatic carbocycles. The third-order valence-corrected chi connectivity index (χ3v) is 10.6. The SMILES string of the molecule is C1=C(c2cccc3ccccc23)CCC(n2c3ccccc3c3cc4c5ccccc5n(-c5cccc6c5oc5ccccc56)c4cc32)=C1. The van der Waals surface area contributed by atoms with E-state index in [1.807, 2.05) is 6.07 Å². The monoisotopic (exact) mass is 626 g/mol. The zero-order chi connectivity index (χ0) is 32.1. The average molecular weight is 627 g/mol. The average Bonchev–Trinajstić information content (AvgIpc) is 3.81. The molecule has 3 heterocycles. The van der Waals surface area contributed by atoms with Crippen LogP contribution in [0.25, 0.3) is 93.3 Å². The number of nitrogens with zero attached hydrogens (tertiary/aromatic N) is 2. The molecule has 0 fully saturated rings. The van der Waals surface area contributed by atoms with Gasteiger partial charge in [0, 0.05) is 38.0 Å². The standard InChI is InChI=1S/C46H30N2O/c1-2-13-32-29(11-1)12-9-17-33(32)30-23-25-31(26-24-30)47-40-19-6-3-14-34(40)38-27-39-35-15-4-7-20-41(35)48(44(39)28-43(38)47)42-21-10-18-37-36-16-5-8-22-45(36)49-46(37)42/h1-23,25,27-28H,24,26H2. The van der Waals surface area contributed by atoms with Crippen molar-refractivity contribution in [1.82, 2.24) is 9.13 Å². The molecule has 0 spiro atoms. The quantitative estimate of drug-likeness (QED) is 0.191. The summed E-state index contributed by atoms with van der Waals surface area (Å²) in [5.74, 6) is 0. The lowest BCUT2D eigenvalue weighted by Gasteiger charge is -2.19. The van der Waals surface area contributed by atoms with Crippen LogP contribution in [0.1, 0.15) is 18.4 Å². The number of allylic oxidation sites excluding steroid dienone is 4. The number of benzene rings is 7. The molecule has 0 aliphatic heterocycles. The van der Waals surface area contributed by atoms with Gasteiger partial charge in [0.05, 0.1) is 27.8 Å². The normalized spacial score (nSPS) is 13.8. The number of para-hydroxylation sites is 4. The van der Waals surface area contributed by atoms with Crippen LogP contribution in [0, 0.1) is 0 Å². The van der Waals surface area contributed by atoms with Crippen molar-refractivity contribution in [3.8, 4) is 5.69 Å². The first-order valence-electron chi connectivity index (χ1n) is 17.1. The maximum absolute atomic E-state index is 6.59. The van der Waals surface area contributed by atoms with Gasteiger partial charge in [-0.2, -0.15) is 0 Å². The molecular weight excluding hydrogens is 597 g/mol. The highest BCUT2D eigenvalue weighted by Crippen LogP contribution is 2.43. The Morgan fingerprint density at radius 3 is 1.86 bits per heavy atom. The van der Waals surface area contributed by atoms with E-state index in [9.17, 15) is 0 Å². The molecule has 0 amide bonds. The van der Waals surface area contributed by atoms with Crippen molar-refractivity contribution in [2.75, 3.05) is 0 Å². The molecule has 0 N–H and O–H groups in total. The van der Waals surface area contributed by atoms with Gasteiger partial charge < -0.3 is 13.6 Å². The minimum absolute atomic E-state index is 0.910. The fourth-order valence-electron chi connectivity index (χ4n) is 8.45. The zero-order valence-electron chi connectivity index (χ0n) is 26.7. The zero-order valence-corrected chi connectivity index (χ0v) is 26.7. The summed E-state index contributed by atoms with van der Waals surface area (Å²) in [6, 6.07) is 52.7. The van der Waals surface area contributed by atoms with Gasteiger partial charge in [-0.3, -0.25) is 0 Å². The highest BCUT2D eigenvalue weighted by Gasteiger charge is 2.22. The summed E-state index contributed by atoms with van der Waals surface area (Å²) in [5, 5.41) is 9.92. The molecule has 230 valence electrons. The molecule has 0 atom stereocenters. The molecule has 0 saturated heterocycles. The van der Waals surface area contributed by atoms with Gasteiger partial charge in [0.25, 0.3) is 0 Å². The molecule has 11 rings (SSSR count). The summed E-state index contributed by atoms with van der Waals surface area (Å²) in [5.41, 5.74) is 11.7. The van der Waals surface area contributed by atoms with Gasteiger partial charge in [0.1, 0.15) is 5.58 Å². The predicted molar refractivity (Wildman–Crippen MR) is 206 cm³/mol. The maximum atomic E-state index is 6.59. The van der Waals surface area contributed by atoms with Crippen molar-refractivity contribution in [2.45, 2.75) is 12.8 Å². The van der Waals surface area contributed by atoms with Crippen molar-refractivity contribution < 1.29 is 4.42 Å². The molecule has 0 unspecified atom stereocenters. The van der Waals surface area contributed by atoms with E-state index in [1.165, 1.54) is 71.2 Å². The number of furan rings is 1. The summed E-state index contributed by atoms with van der Waals surface area (Å²) in [4.78, 5) is 0. The van der Waals surface area contributed by atoms with E-state index in [-0.39, 0.29) is 0 Å². The van der Waals surface area contributed by atoms with E-state index in [0.29, 0.717) is 0 Å². The van der Waals surface area contributed by atoms with Crippen LogP contribution in [0.2, 0.25) is 0 Å². The molecule has 1 aliphatic rings. The summed E-state index contributed by atoms with van der Waals surface area (Å²) in [7, 11) is 0. The fraction of sp³-hybridized carbons (Fsp3) is 0.0435. The minimum atomic E-state index is 0.910. The Hall–Kier alpha value is -6.32. The Kier molecular flexibility index (Phi) is 5.50. The Morgan fingerprint density at radius 1 is 0.429 bits per heavy atom. The van der Waals surface area contributed by atoms with E-state index in [4.69, 9.17) is 4.42 Å². The van der Waals surface area contributed by atoms with Crippen molar-refractivity contribution in [3.63, 3.8) is 0 Å². The molecule has 3 aromatic heterocycles. The van der Waals surface area contributed by atoms with E-state index in [2.05, 4.69) is 161 Å². The summed E-state index contributed by atoms with van der Waals surface area (Å²) in [6.45, 7) is 0. The molecule has 0 saturated carbocycles. The minimum Gasteiger partial charge on any atom is -0.454 e. The van der Waals surface area contributed by atoms with Gasteiger partial charge in [0.15, 0.2) is 5.58 Å². The van der Waals surface area contributed by atoms with Crippen molar-refractivity contribution >= 4 is 87.6 Å². The second-order valence-electron chi connectivity index (χ2n) is 13.2. The lowest BCUT2D eigenvalue weighted by atomic mass is 9.92. The van der Waals surface area contributed by atoms with E-state index < -0.39 is 0 Å². The number of hydrogen-bond donors (Lipinski definition) is 0. The molecule has 0 radical (unpaired) electrons. The molecule has 3 heteroatoms. The van der Waals surface area contributed by atoms with E-state index in [0.717, 1.165) is 40.5 Å². The van der Waals surface area contributed by atoms with Crippen LogP contribution >= 0.6 is 0 Å². The largest absolute Gasteiger partial charge is 0.454 e. The third-order valence-electron chi connectivity index (χ3n) is 10.6. The van der Waals surface area contributed by atoms with Crippen LogP contribution < -0.4 is 0 Å². The first-order valence-corrected chi connectivity index (χ1v) is 17.1. The number of rotatable bonds is 3. The van der Waals surface area contributed by atoms with Crippen LogP contribution in [-0.2, 0) is 0 Å². The van der Waals surface area contributed by atoms with Gasteiger partial charge in [0.2, 0.25) is 0 Å². The molecule has 3 nitrogen and oxygen atoms in total. The first-order chi connectivity index (χ1) is 24.3. The van der Waals surface area contributed by atoms with Crippen LogP contribution in [0.4, 0.5) is 0 Å².